The van der Waals surface area contributed by atoms with Crippen molar-refractivity contribution >= 4 is 5.91 Å². The van der Waals surface area contributed by atoms with Crippen LogP contribution in [-0.2, 0) is 24.2 Å². The fourth-order valence-corrected chi connectivity index (χ4v) is 4.09. The van der Waals surface area contributed by atoms with Crippen molar-refractivity contribution in [1.29, 1.82) is 0 Å². The van der Waals surface area contributed by atoms with E-state index >= 15 is 0 Å². The van der Waals surface area contributed by atoms with Crippen molar-refractivity contribution in [3.8, 4) is 5.75 Å². The van der Waals surface area contributed by atoms with Gasteiger partial charge in [0.2, 0.25) is 5.91 Å². The lowest BCUT2D eigenvalue weighted by Crippen LogP contribution is -2.33. The molecule has 2 aliphatic heterocycles. The predicted molar refractivity (Wildman–Crippen MR) is 102 cm³/mol. The van der Waals surface area contributed by atoms with Crippen LogP contribution >= 0.6 is 0 Å². The third-order valence-corrected chi connectivity index (χ3v) is 5.64. The Bertz CT molecular complexity index is 818. The maximum atomic E-state index is 13.0. The number of aromatic nitrogens is 3. The van der Waals surface area contributed by atoms with Gasteiger partial charge in [-0.3, -0.25) is 4.79 Å². The number of benzene rings is 1. The summed E-state index contributed by atoms with van der Waals surface area (Å²) in [5, 5.41) is 8.92. The van der Waals surface area contributed by atoms with Gasteiger partial charge in [-0.2, -0.15) is 0 Å². The molecule has 0 saturated carbocycles. The highest BCUT2D eigenvalue weighted by Crippen LogP contribution is 2.32. The van der Waals surface area contributed by atoms with Crippen molar-refractivity contribution in [2.24, 2.45) is 0 Å². The molecule has 2 aromatic rings. The fourth-order valence-electron chi connectivity index (χ4n) is 4.09. The highest BCUT2D eigenvalue weighted by molar-refractivity contribution is 5.79. The molecule has 1 unspecified atom stereocenters. The molecular weight excluding hydrogens is 342 g/mol. The molecule has 1 atom stereocenters. The highest BCUT2D eigenvalue weighted by Gasteiger charge is 2.34. The monoisotopic (exact) mass is 369 g/mol. The smallest absolute Gasteiger partial charge is 0.227 e. The van der Waals surface area contributed by atoms with Crippen LogP contribution in [0.1, 0.15) is 36.1 Å². The second-order valence-corrected chi connectivity index (χ2v) is 7.45. The molecule has 2 aliphatic rings. The molecule has 1 saturated heterocycles. The third kappa shape index (κ3) is 3.69. The van der Waals surface area contributed by atoms with Gasteiger partial charge in [-0.25, -0.2) is 0 Å². The number of methoxy groups -OCH3 is 1. The maximum absolute atomic E-state index is 13.0. The van der Waals surface area contributed by atoms with Gasteiger partial charge in [0.1, 0.15) is 11.6 Å². The van der Waals surface area contributed by atoms with Gasteiger partial charge >= 0.3 is 0 Å². The summed E-state index contributed by atoms with van der Waals surface area (Å²) >= 11 is 0. The Balaban J connectivity index is 1.52. The van der Waals surface area contributed by atoms with E-state index in [4.69, 9.17) is 4.74 Å². The van der Waals surface area contributed by atoms with Crippen LogP contribution < -0.4 is 4.74 Å². The average Bonchev–Trinajstić information content (AvgIpc) is 3.27. The summed E-state index contributed by atoms with van der Waals surface area (Å²) in [7, 11) is 3.78. The van der Waals surface area contributed by atoms with Crippen molar-refractivity contribution in [1.82, 2.24) is 24.6 Å². The molecular formula is C20H27N5O2. The lowest BCUT2D eigenvalue weighted by atomic mass is 10.1. The van der Waals surface area contributed by atoms with Crippen molar-refractivity contribution in [3.05, 3.63) is 41.5 Å². The molecule has 144 valence electrons. The number of carbonyl (C=O) groups excluding carboxylic acids is 1. The Labute approximate surface area is 159 Å². The van der Waals surface area contributed by atoms with Gasteiger partial charge in [-0.15, -0.1) is 10.2 Å². The first-order valence-corrected chi connectivity index (χ1v) is 9.68. The number of rotatable bonds is 4. The molecule has 0 N–H and O–H groups in total. The number of hydrogen-bond donors (Lipinski definition) is 0. The SMILES string of the molecule is COc1cccc(CC(=O)N2CCCC2c2nnc3n2CCN(C)CC3)c1. The molecule has 27 heavy (non-hydrogen) atoms. The molecule has 4 rings (SSSR count). The Kier molecular flexibility index (Phi) is 5.11. The molecule has 0 bridgehead atoms. The molecule has 7 nitrogen and oxygen atoms in total. The summed E-state index contributed by atoms with van der Waals surface area (Å²) in [6, 6.07) is 7.77. The van der Waals surface area contributed by atoms with E-state index in [2.05, 4.69) is 26.7 Å². The molecule has 3 heterocycles. The number of nitrogens with zero attached hydrogens (tertiary/aromatic N) is 5. The van der Waals surface area contributed by atoms with Crippen LogP contribution in [0.3, 0.4) is 0 Å². The Morgan fingerprint density at radius 1 is 1.22 bits per heavy atom. The predicted octanol–water partition coefficient (Wildman–Crippen LogP) is 1.68. The summed E-state index contributed by atoms with van der Waals surface area (Å²) in [5.74, 6) is 2.93. The topological polar surface area (TPSA) is 63.5 Å². The van der Waals surface area contributed by atoms with Crippen LogP contribution in [0.15, 0.2) is 24.3 Å². The number of amides is 1. The van der Waals surface area contributed by atoms with E-state index in [1.165, 1.54) is 0 Å². The molecule has 0 aliphatic carbocycles. The van der Waals surface area contributed by atoms with E-state index < -0.39 is 0 Å². The van der Waals surface area contributed by atoms with E-state index in [0.29, 0.717) is 6.42 Å². The van der Waals surface area contributed by atoms with Crippen molar-refractivity contribution in [3.63, 3.8) is 0 Å². The van der Waals surface area contributed by atoms with Crippen LogP contribution in [0.25, 0.3) is 0 Å². The second kappa shape index (κ2) is 7.68. The van der Waals surface area contributed by atoms with Crippen LogP contribution in [-0.4, -0.2) is 64.3 Å². The van der Waals surface area contributed by atoms with Gasteiger partial charge in [0.05, 0.1) is 19.6 Å². The summed E-state index contributed by atoms with van der Waals surface area (Å²) < 4.78 is 7.52. The number of likely N-dealkylation sites (N-methyl/N-ethyl adjacent to an activating group) is 1. The Morgan fingerprint density at radius 2 is 2.11 bits per heavy atom. The number of carbonyl (C=O) groups is 1. The second-order valence-electron chi connectivity index (χ2n) is 7.45. The molecule has 1 aromatic carbocycles. The van der Waals surface area contributed by atoms with Crippen molar-refractivity contribution in [2.75, 3.05) is 33.8 Å². The summed E-state index contributed by atoms with van der Waals surface area (Å²) in [4.78, 5) is 17.3. The fraction of sp³-hybridized carbons (Fsp3) is 0.550. The molecule has 0 radical (unpaired) electrons. The maximum Gasteiger partial charge on any atom is 0.227 e. The molecule has 1 amide bonds. The van der Waals surface area contributed by atoms with Gasteiger partial charge in [0.25, 0.3) is 0 Å². The van der Waals surface area contributed by atoms with Crippen molar-refractivity contribution in [2.45, 2.75) is 38.3 Å². The van der Waals surface area contributed by atoms with E-state index in [1.54, 1.807) is 7.11 Å². The lowest BCUT2D eigenvalue weighted by molar-refractivity contribution is -0.131. The van der Waals surface area contributed by atoms with E-state index in [-0.39, 0.29) is 11.9 Å². The molecule has 1 aromatic heterocycles. The zero-order chi connectivity index (χ0) is 18.8. The Morgan fingerprint density at radius 3 is 2.96 bits per heavy atom. The minimum absolute atomic E-state index is 0.0350. The summed E-state index contributed by atoms with van der Waals surface area (Å²) in [6.07, 6.45) is 3.26. The van der Waals surface area contributed by atoms with Gasteiger partial charge < -0.3 is 19.1 Å². The largest absolute Gasteiger partial charge is 0.497 e. The normalized spacial score (nSPS) is 20.4. The van der Waals surface area contributed by atoms with Gasteiger partial charge in [0.15, 0.2) is 5.82 Å². The molecule has 7 heteroatoms. The van der Waals surface area contributed by atoms with Gasteiger partial charge in [-0.05, 0) is 37.6 Å². The van der Waals surface area contributed by atoms with Gasteiger partial charge in [-0.1, -0.05) is 12.1 Å². The summed E-state index contributed by atoms with van der Waals surface area (Å²) in [6.45, 7) is 3.67. The van der Waals surface area contributed by atoms with Crippen molar-refractivity contribution < 1.29 is 9.53 Å². The average molecular weight is 369 g/mol. The van der Waals surface area contributed by atoms with Crippen LogP contribution in [0, 0.1) is 0 Å². The van der Waals surface area contributed by atoms with Crippen LogP contribution in [0.5, 0.6) is 5.75 Å². The lowest BCUT2D eigenvalue weighted by Gasteiger charge is -2.25. The quantitative estimate of drug-likeness (QED) is 0.821. The first-order valence-electron chi connectivity index (χ1n) is 9.68. The first-order chi connectivity index (χ1) is 13.2. The molecule has 0 spiro atoms. The highest BCUT2D eigenvalue weighted by atomic mass is 16.5. The Hall–Kier alpha value is -2.41. The minimum Gasteiger partial charge on any atom is -0.497 e. The first kappa shape index (κ1) is 18.0. The summed E-state index contributed by atoms with van der Waals surface area (Å²) in [5.41, 5.74) is 0.978. The number of hydrogen-bond acceptors (Lipinski definition) is 5. The minimum atomic E-state index is 0.0350. The van der Waals surface area contributed by atoms with Crippen LogP contribution in [0.2, 0.25) is 0 Å². The zero-order valence-electron chi connectivity index (χ0n) is 16.1. The number of likely N-dealkylation sites (tertiary alicyclic amines) is 1. The van der Waals surface area contributed by atoms with E-state index in [1.807, 2.05) is 29.2 Å². The third-order valence-electron chi connectivity index (χ3n) is 5.64. The molecule has 1 fully saturated rings. The van der Waals surface area contributed by atoms with Gasteiger partial charge in [0, 0.05) is 32.6 Å². The standard InChI is InChI=1S/C20H27N5O2/c1-23-10-8-18-21-22-20(25(18)12-11-23)17-7-4-9-24(17)19(26)14-15-5-3-6-16(13-15)27-2/h3,5-6,13,17H,4,7-12,14H2,1-2H3. The number of ether oxygens (including phenoxy) is 1. The van der Waals surface area contributed by atoms with Crippen LogP contribution in [0.4, 0.5) is 0 Å². The zero-order valence-corrected chi connectivity index (χ0v) is 16.1. The van der Waals surface area contributed by atoms with E-state index in [0.717, 1.165) is 68.4 Å². The van der Waals surface area contributed by atoms with E-state index in [9.17, 15) is 4.79 Å². The number of fused-ring (bicyclic) bond motifs is 1.